The lowest BCUT2D eigenvalue weighted by Gasteiger charge is -2.13. The summed E-state index contributed by atoms with van der Waals surface area (Å²) in [5.41, 5.74) is -0.859. The van der Waals surface area contributed by atoms with Crippen molar-refractivity contribution in [3.8, 4) is 0 Å². The molecule has 0 radical (unpaired) electrons. The molecule has 0 aliphatic carbocycles. The molecule has 1 amide bonds. The molecule has 2 rings (SSSR count). The van der Waals surface area contributed by atoms with Gasteiger partial charge in [0, 0.05) is 24.1 Å². The lowest BCUT2D eigenvalue weighted by Crippen LogP contribution is -2.30. The number of carbonyl (C=O) groups excluding carboxylic acids is 2. The Labute approximate surface area is 134 Å². The molecule has 0 saturated carbocycles. The highest BCUT2D eigenvalue weighted by Gasteiger charge is 2.21. The van der Waals surface area contributed by atoms with E-state index >= 15 is 0 Å². The summed E-state index contributed by atoms with van der Waals surface area (Å²) in [6.07, 6.45) is 2.63. The average molecular weight is 334 g/mol. The van der Waals surface area contributed by atoms with Gasteiger partial charge in [0.05, 0.1) is 11.1 Å². The van der Waals surface area contributed by atoms with Gasteiger partial charge in [-0.3, -0.25) is 19.9 Å². The molecule has 1 atom stereocenters. The third-order valence-electron chi connectivity index (χ3n) is 2.84. The summed E-state index contributed by atoms with van der Waals surface area (Å²) in [5.74, 6) is -2.62. The van der Waals surface area contributed by atoms with Gasteiger partial charge in [0.15, 0.2) is 11.8 Å². The predicted octanol–water partition coefficient (Wildman–Crippen LogP) is 1.71. The molecule has 9 nitrogen and oxygen atoms in total. The smallest absolute Gasteiger partial charge is 0.359 e. The topological polar surface area (TPSA) is 124 Å². The number of ether oxygens (including phenoxy) is 1. The van der Waals surface area contributed by atoms with E-state index in [1.165, 1.54) is 25.5 Å². The Bertz CT molecular complexity index is 784. The number of nitrogens with zero attached hydrogens (tertiary/aromatic N) is 3. The van der Waals surface area contributed by atoms with Gasteiger partial charge in [-0.05, 0) is 19.1 Å². The molecule has 1 N–H and O–H groups in total. The summed E-state index contributed by atoms with van der Waals surface area (Å²) in [6, 6.07) is 2.87. The number of esters is 1. The molecule has 0 bridgehead atoms. The number of nitro benzene ring substituents is 1. The van der Waals surface area contributed by atoms with Crippen molar-refractivity contribution in [2.24, 2.45) is 0 Å². The second kappa shape index (κ2) is 7.22. The second-order valence-corrected chi connectivity index (χ2v) is 4.55. The Morgan fingerprint density at radius 1 is 1.38 bits per heavy atom. The minimum absolute atomic E-state index is 0.00417. The molecule has 0 fully saturated rings. The summed E-state index contributed by atoms with van der Waals surface area (Å²) in [7, 11) is 0. The largest absolute Gasteiger partial charge is 0.448 e. The number of nitro groups is 1. The van der Waals surface area contributed by atoms with Crippen LogP contribution in [0, 0.1) is 15.9 Å². The maximum atomic E-state index is 13.2. The van der Waals surface area contributed by atoms with Gasteiger partial charge in [0.1, 0.15) is 0 Å². The summed E-state index contributed by atoms with van der Waals surface area (Å²) in [6.45, 7) is 1.31. The Kier molecular flexibility index (Phi) is 5.09. The number of nitrogens with one attached hydrogen (secondary N) is 1. The molecular weight excluding hydrogens is 323 g/mol. The number of amides is 1. The normalized spacial score (nSPS) is 11.4. The van der Waals surface area contributed by atoms with Crippen molar-refractivity contribution in [1.29, 1.82) is 0 Å². The highest BCUT2D eigenvalue weighted by molar-refractivity contribution is 5.96. The summed E-state index contributed by atoms with van der Waals surface area (Å²) < 4.78 is 18.1. The number of hydrogen-bond acceptors (Lipinski definition) is 7. The van der Waals surface area contributed by atoms with Crippen LogP contribution in [-0.4, -0.2) is 32.9 Å². The molecule has 0 aliphatic rings. The summed E-state index contributed by atoms with van der Waals surface area (Å²) in [5, 5.41) is 13.0. The first-order valence-corrected chi connectivity index (χ1v) is 6.60. The van der Waals surface area contributed by atoms with Crippen LogP contribution in [0.15, 0.2) is 36.8 Å². The van der Waals surface area contributed by atoms with E-state index in [1.807, 2.05) is 0 Å². The number of aromatic nitrogens is 2. The molecule has 0 unspecified atom stereocenters. The van der Waals surface area contributed by atoms with Crippen molar-refractivity contribution in [1.82, 2.24) is 9.97 Å². The average Bonchev–Trinajstić information content (AvgIpc) is 2.57. The van der Waals surface area contributed by atoms with Gasteiger partial charge < -0.3 is 10.1 Å². The van der Waals surface area contributed by atoms with E-state index in [9.17, 15) is 24.1 Å². The van der Waals surface area contributed by atoms with Crippen LogP contribution in [0.3, 0.4) is 0 Å². The van der Waals surface area contributed by atoms with Crippen LogP contribution in [0.2, 0.25) is 0 Å². The predicted molar refractivity (Wildman–Crippen MR) is 78.6 cm³/mol. The summed E-state index contributed by atoms with van der Waals surface area (Å²) >= 11 is 0. The van der Waals surface area contributed by atoms with Gasteiger partial charge in [-0.25, -0.2) is 9.78 Å². The maximum absolute atomic E-state index is 13.2. The van der Waals surface area contributed by atoms with E-state index in [1.54, 1.807) is 0 Å². The SMILES string of the molecule is C[C@H](OC(=O)c1cnccn1)C(=O)Nc1ccc(F)c([N+](=O)[O-])c1. The number of halogens is 1. The molecule has 1 aromatic heterocycles. The number of hydrogen-bond donors (Lipinski definition) is 1. The van der Waals surface area contributed by atoms with Crippen LogP contribution in [0.25, 0.3) is 0 Å². The zero-order valence-electron chi connectivity index (χ0n) is 12.3. The van der Waals surface area contributed by atoms with Gasteiger partial charge in [0.25, 0.3) is 5.91 Å². The molecule has 0 aliphatic heterocycles. The first-order valence-electron chi connectivity index (χ1n) is 6.60. The summed E-state index contributed by atoms with van der Waals surface area (Å²) in [4.78, 5) is 40.9. The van der Waals surface area contributed by atoms with Crippen molar-refractivity contribution in [2.75, 3.05) is 5.32 Å². The van der Waals surface area contributed by atoms with Crippen LogP contribution in [0.5, 0.6) is 0 Å². The van der Waals surface area contributed by atoms with Crippen molar-refractivity contribution in [3.05, 3.63) is 58.4 Å². The van der Waals surface area contributed by atoms with Crippen LogP contribution < -0.4 is 5.32 Å². The Morgan fingerprint density at radius 3 is 2.75 bits per heavy atom. The fraction of sp³-hybridized carbons (Fsp3) is 0.143. The van der Waals surface area contributed by atoms with E-state index < -0.39 is 34.4 Å². The highest BCUT2D eigenvalue weighted by atomic mass is 19.1. The van der Waals surface area contributed by atoms with E-state index in [0.717, 1.165) is 18.2 Å². The fourth-order valence-corrected chi connectivity index (χ4v) is 1.65. The highest BCUT2D eigenvalue weighted by Crippen LogP contribution is 2.21. The first kappa shape index (κ1) is 16.9. The van der Waals surface area contributed by atoms with Crippen LogP contribution >= 0.6 is 0 Å². The molecule has 0 saturated heterocycles. The van der Waals surface area contributed by atoms with E-state index in [2.05, 4.69) is 15.3 Å². The lowest BCUT2D eigenvalue weighted by atomic mass is 10.2. The molecule has 10 heteroatoms. The van der Waals surface area contributed by atoms with Crippen LogP contribution in [-0.2, 0) is 9.53 Å². The van der Waals surface area contributed by atoms with E-state index in [-0.39, 0.29) is 11.4 Å². The minimum Gasteiger partial charge on any atom is -0.448 e. The quantitative estimate of drug-likeness (QED) is 0.501. The van der Waals surface area contributed by atoms with E-state index in [4.69, 9.17) is 4.74 Å². The van der Waals surface area contributed by atoms with Gasteiger partial charge in [-0.1, -0.05) is 0 Å². The van der Waals surface area contributed by atoms with Gasteiger partial charge in [-0.15, -0.1) is 0 Å². The Morgan fingerprint density at radius 2 is 2.12 bits per heavy atom. The van der Waals surface area contributed by atoms with Crippen molar-refractivity contribution in [3.63, 3.8) is 0 Å². The Hall–Kier alpha value is -3.43. The van der Waals surface area contributed by atoms with Crippen molar-refractivity contribution < 1.29 is 23.6 Å². The number of anilines is 1. The van der Waals surface area contributed by atoms with Gasteiger partial charge in [0.2, 0.25) is 5.82 Å². The number of benzene rings is 1. The van der Waals surface area contributed by atoms with E-state index in [0.29, 0.717) is 0 Å². The third kappa shape index (κ3) is 4.06. The molecule has 2 aromatic rings. The second-order valence-electron chi connectivity index (χ2n) is 4.55. The first-order chi connectivity index (χ1) is 11.4. The molecule has 1 heterocycles. The monoisotopic (exact) mass is 334 g/mol. The van der Waals surface area contributed by atoms with Crippen LogP contribution in [0.1, 0.15) is 17.4 Å². The molecular formula is C14H11FN4O5. The Balaban J connectivity index is 2.03. The zero-order valence-corrected chi connectivity index (χ0v) is 12.3. The lowest BCUT2D eigenvalue weighted by molar-refractivity contribution is -0.387. The molecule has 124 valence electrons. The standard InChI is InChI=1S/C14H11FN4O5/c1-8(24-14(21)11-7-16-4-5-17-11)13(20)18-9-2-3-10(15)12(6-9)19(22)23/h2-8H,1H3,(H,18,20)/t8-/m0/s1. The fourth-order valence-electron chi connectivity index (χ4n) is 1.65. The molecule has 1 aromatic carbocycles. The number of carbonyl (C=O) groups is 2. The maximum Gasteiger partial charge on any atom is 0.359 e. The molecule has 0 spiro atoms. The van der Waals surface area contributed by atoms with Gasteiger partial charge >= 0.3 is 11.7 Å². The van der Waals surface area contributed by atoms with Crippen molar-refractivity contribution in [2.45, 2.75) is 13.0 Å². The van der Waals surface area contributed by atoms with Gasteiger partial charge in [-0.2, -0.15) is 4.39 Å². The van der Waals surface area contributed by atoms with Crippen molar-refractivity contribution >= 4 is 23.3 Å². The molecule has 24 heavy (non-hydrogen) atoms. The third-order valence-corrected chi connectivity index (χ3v) is 2.84. The zero-order chi connectivity index (χ0) is 17.7. The minimum atomic E-state index is -1.20. The van der Waals surface area contributed by atoms with Crippen LogP contribution in [0.4, 0.5) is 15.8 Å². The number of rotatable bonds is 5.